The van der Waals surface area contributed by atoms with E-state index in [2.05, 4.69) is 26.7 Å². The van der Waals surface area contributed by atoms with Crippen molar-refractivity contribution in [2.24, 2.45) is 5.92 Å². The van der Waals surface area contributed by atoms with Gasteiger partial charge >= 0.3 is 12.1 Å². The summed E-state index contributed by atoms with van der Waals surface area (Å²) in [4.78, 5) is 58.6. The lowest BCUT2D eigenvalue weighted by molar-refractivity contribution is -0.144. The van der Waals surface area contributed by atoms with Gasteiger partial charge in [-0.3, -0.25) is 19.2 Å². The molecule has 0 aliphatic carbocycles. The summed E-state index contributed by atoms with van der Waals surface area (Å²) >= 11 is 0. The Kier molecular flexibility index (Phi) is 10.6. The quantitative estimate of drug-likeness (QED) is 0.216. The molecular formula is C33H36F3N7O5. The average molecular weight is 668 g/mol. The number of nitrogens with zero attached hydrogens (tertiary/aromatic N) is 5. The van der Waals surface area contributed by atoms with Gasteiger partial charge in [-0.05, 0) is 68.6 Å². The van der Waals surface area contributed by atoms with Crippen LogP contribution in [0.5, 0.6) is 0 Å². The highest BCUT2D eigenvalue weighted by atomic mass is 19.4. The topological polar surface area (TPSA) is 169 Å². The summed E-state index contributed by atoms with van der Waals surface area (Å²) in [5.74, 6) is -2.09. The molecule has 1 aromatic heterocycles. The van der Waals surface area contributed by atoms with Crippen LogP contribution in [0.4, 0.5) is 30.5 Å². The van der Waals surface area contributed by atoms with Crippen LogP contribution < -0.4 is 31.3 Å². The average Bonchev–Trinajstić information content (AvgIpc) is 3.04. The van der Waals surface area contributed by atoms with E-state index in [9.17, 15) is 32.3 Å². The van der Waals surface area contributed by atoms with Crippen molar-refractivity contribution in [1.82, 2.24) is 15.3 Å². The number of anilines is 3. The number of hydrogen-bond donors (Lipinski definition) is 3. The van der Waals surface area contributed by atoms with E-state index in [1.165, 1.54) is 6.07 Å². The minimum atomic E-state index is -4.77. The summed E-state index contributed by atoms with van der Waals surface area (Å²) in [7, 11) is 0. The van der Waals surface area contributed by atoms with E-state index < -0.39 is 34.9 Å². The van der Waals surface area contributed by atoms with E-state index in [0.717, 1.165) is 12.0 Å². The zero-order chi connectivity index (χ0) is 34.4. The molecule has 2 aliphatic heterocycles. The molecule has 0 bridgehead atoms. The number of aliphatic carboxylic acids is 1. The van der Waals surface area contributed by atoms with Gasteiger partial charge in [-0.1, -0.05) is 12.1 Å². The highest BCUT2D eigenvalue weighted by Gasteiger charge is 2.40. The fourth-order valence-electron chi connectivity index (χ4n) is 6.16. The summed E-state index contributed by atoms with van der Waals surface area (Å²) < 4.78 is 41.6. The molecule has 3 N–H and O–H groups in total. The summed E-state index contributed by atoms with van der Waals surface area (Å²) in [5, 5.41) is 23.3. The first-order valence-corrected chi connectivity index (χ1v) is 16.0. The van der Waals surface area contributed by atoms with Gasteiger partial charge in [0.2, 0.25) is 22.6 Å². The normalized spacial score (nSPS) is 16.8. The zero-order valence-electron chi connectivity index (χ0n) is 26.2. The van der Waals surface area contributed by atoms with Gasteiger partial charge in [-0.15, -0.1) is 0 Å². The van der Waals surface area contributed by atoms with Crippen LogP contribution >= 0.6 is 0 Å². The molecule has 2 aliphatic rings. The van der Waals surface area contributed by atoms with Crippen molar-refractivity contribution in [1.29, 1.82) is 5.26 Å². The number of alkyl halides is 3. The Hall–Kier alpha value is -5.00. The first-order chi connectivity index (χ1) is 22.9. The predicted octanol–water partition coefficient (Wildman–Crippen LogP) is 3.03. The van der Waals surface area contributed by atoms with Crippen molar-refractivity contribution in [3.05, 3.63) is 73.3 Å². The van der Waals surface area contributed by atoms with E-state index in [0.29, 0.717) is 75.8 Å². The number of carbonyl (C=O) groups is 2. The Morgan fingerprint density at radius 3 is 2.31 bits per heavy atom. The maximum Gasteiger partial charge on any atom is 0.451 e. The van der Waals surface area contributed by atoms with Crippen LogP contribution in [0.15, 0.2) is 39.9 Å². The van der Waals surface area contributed by atoms with Crippen molar-refractivity contribution in [3.8, 4) is 6.07 Å². The zero-order valence-corrected chi connectivity index (χ0v) is 26.2. The van der Waals surface area contributed by atoms with Gasteiger partial charge in [-0.2, -0.15) is 18.4 Å². The summed E-state index contributed by atoms with van der Waals surface area (Å²) in [6, 6.07) is 9.92. The van der Waals surface area contributed by atoms with Gasteiger partial charge in [0.1, 0.15) is 17.7 Å². The van der Waals surface area contributed by atoms with Crippen molar-refractivity contribution < 1.29 is 27.9 Å². The van der Waals surface area contributed by atoms with Gasteiger partial charge in [-0.25, -0.2) is 9.97 Å². The molecule has 2 saturated heterocycles. The molecule has 0 spiro atoms. The summed E-state index contributed by atoms with van der Waals surface area (Å²) in [6.07, 6.45) is -0.734. The van der Waals surface area contributed by atoms with Crippen molar-refractivity contribution >= 4 is 29.2 Å². The van der Waals surface area contributed by atoms with Gasteiger partial charge < -0.3 is 25.5 Å². The van der Waals surface area contributed by atoms with Crippen LogP contribution in [0.1, 0.15) is 61.0 Å². The molecule has 254 valence electrons. The minimum Gasteiger partial charge on any atom is -0.481 e. The highest BCUT2D eigenvalue weighted by molar-refractivity contribution is 5.86. The minimum absolute atomic E-state index is 0.0497. The van der Waals surface area contributed by atoms with Crippen LogP contribution in [-0.4, -0.2) is 65.7 Å². The van der Waals surface area contributed by atoms with Crippen molar-refractivity contribution in [2.75, 3.05) is 47.8 Å². The van der Waals surface area contributed by atoms with E-state index >= 15 is 0 Å². The van der Waals surface area contributed by atoms with Crippen LogP contribution in [0, 0.1) is 17.2 Å². The Bertz CT molecular complexity index is 1740. The molecule has 12 nitrogen and oxygen atoms in total. The first-order valence-electron chi connectivity index (χ1n) is 16.0. The van der Waals surface area contributed by atoms with Gasteiger partial charge in [0.25, 0.3) is 0 Å². The lowest BCUT2D eigenvalue weighted by atomic mass is 9.90. The number of carboxylic acids is 1. The molecule has 48 heavy (non-hydrogen) atoms. The number of piperidine rings is 1. The van der Waals surface area contributed by atoms with Crippen LogP contribution in [0.25, 0.3) is 0 Å². The van der Waals surface area contributed by atoms with Gasteiger partial charge in [0.05, 0.1) is 23.7 Å². The second-order valence-corrected chi connectivity index (χ2v) is 12.2. The van der Waals surface area contributed by atoms with Gasteiger partial charge in [0.15, 0.2) is 0 Å². The highest BCUT2D eigenvalue weighted by Crippen LogP contribution is 2.35. The predicted molar refractivity (Wildman–Crippen MR) is 171 cm³/mol. The number of amides is 1. The maximum atomic E-state index is 13.9. The Morgan fingerprint density at radius 1 is 0.979 bits per heavy atom. The third-order valence-corrected chi connectivity index (χ3v) is 8.99. The number of nitrogens with one attached hydrogen (secondary N) is 2. The number of rotatable bonds is 14. The number of carboxylic acid groups (broad SMARTS) is 1. The lowest BCUT2D eigenvalue weighted by Gasteiger charge is -2.41. The Labute approximate surface area is 274 Å². The summed E-state index contributed by atoms with van der Waals surface area (Å²) in [6.45, 7) is 1.72. The van der Waals surface area contributed by atoms with Crippen molar-refractivity contribution in [3.63, 3.8) is 0 Å². The second-order valence-electron chi connectivity index (χ2n) is 12.2. The van der Waals surface area contributed by atoms with Crippen LogP contribution in [0.3, 0.4) is 0 Å². The number of carbonyl (C=O) groups excluding carboxylic acids is 1. The molecule has 1 amide bonds. The number of nitriles is 1. The lowest BCUT2D eigenvalue weighted by Crippen LogP contribution is -2.57. The van der Waals surface area contributed by atoms with Gasteiger partial charge in [0, 0.05) is 44.4 Å². The fraction of sp³-hybridized carbons (Fsp3) is 0.485. The fourth-order valence-corrected chi connectivity index (χ4v) is 6.16. The van der Waals surface area contributed by atoms with E-state index in [-0.39, 0.29) is 42.1 Å². The Balaban J connectivity index is 1.15. The standard InChI is InChI=1S/C33H36F3N7O5/c34-33(35,36)32-40-25(18-26(41-32)43-17-12-24(43)31(48)39-13-8-21-4-6-22(19-37)7-5-21)42-15-10-20(11-16-42)2-1-3-23-28(30(47)29(23)46)38-14-9-27(44)45/h4-7,18,20,24,38H,1-3,8-17H2,(H,39,48)(H,44,45)/t24-/m0/s1. The largest absolute Gasteiger partial charge is 0.481 e. The van der Waals surface area contributed by atoms with E-state index in [4.69, 9.17) is 10.4 Å². The van der Waals surface area contributed by atoms with Crippen LogP contribution in [0.2, 0.25) is 0 Å². The third kappa shape index (κ3) is 8.10. The molecule has 2 aromatic carbocycles. The first kappa shape index (κ1) is 34.3. The number of hydrogen-bond acceptors (Lipinski definition) is 10. The molecule has 3 heterocycles. The van der Waals surface area contributed by atoms with E-state index in [1.54, 1.807) is 21.9 Å². The second kappa shape index (κ2) is 14.8. The smallest absolute Gasteiger partial charge is 0.451 e. The number of aromatic nitrogens is 2. The van der Waals surface area contributed by atoms with Crippen LogP contribution in [-0.2, 0) is 28.6 Å². The maximum absolute atomic E-state index is 13.9. The number of halogens is 3. The number of benzene rings is 1. The molecule has 3 aromatic rings. The summed E-state index contributed by atoms with van der Waals surface area (Å²) in [5.41, 5.74) is 0.887. The molecule has 2 fully saturated rings. The SMILES string of the molecule is N#Cc1ccc(CCNC(=O)[C@@H]2CCN2c2cc(N3CCC(CCCc4c(NCCC(=O)O)c(=O)c4=O)CC3)nc(C(F)(F)F)n2)cc1. The van der Waals surface area contributed by atoms with E-state index in [1.807, 2.05) is 12.1 Å². The molecule has 1 atom stereocenters. The molecule has 0 saturated carbocycles. The third-order valence-electron chi connectivity index (χ3n) is 8.99. The molecular weight excluding hydrogens is 631 g/mol. The Morgan fingerprint density at radius 2 is 1.69 bits per heavy atom. The molecule has 15 heteroatoms. The molecule has 0 unspecified atom stereocenters. The molecule has 0 radical (unpaired) electrons. The van der Waals surface area contributed by atoms with Crippen molar-refractivity contribution in [2.45, 2.75) is 63.6 Å². The molecule has 5 rings (SSSR count). The monoisotopic (exact) mass is 667 g/mol.